The molecule has 0 N–H and O–H groups in total. The topological polar surface area (TPSA) is 52.2 Å². The summed E-state index contributed by atoms with van der Waals surface area (Å²) >= 11 is 0. The van der Waals surface area contributed by atoms with Gasteiger partial charge in [0.05, 0.1) is 5.69 Å². The van der Waals surface area contributed by atoms with E-state index in [4.69, 9.17) is 0 Å². The van der Waals surface area contributed by atoms with Crippen molar-refractivity contribution in [1.82, 2.24) is 19.4 Å². The molecule has 0 aliphatic rings. The van der Waals surface area contributed by atoms with E-state index in [1.54, 1.807) is 4.52 Å². The summed E-state index contributed by atoms with van der Waals surface area (Å²) in [6.45, 7) is 3.34. The fraction of sp³-hybridized carbons (Fsp3) is 0.286. The molecule has 0 aliphatic heterocycles. The van der Waals surface area contributed by atoms with Crippen molar-refractivity contribution in [2.45, 2.75) is 13.8 Å². The number of carbonyl (C=O) groups is 1. The van der Waals surface area contributed by atoms with E-state index < -0.39 is 0 Å². The molecule has 5 heteroatoms. The van der Waals surface area contributed by atoms with E-state index in [-0.39, 0.29) is 5.91 Å². The lowest BCUT2D eigenvalue weighted by Crippen LogP contribution is -2.06. The molecule has 62 valence electrons. The fourth-order valence-corrected chi connectivity index (χ4v) is 1.15. The van der Waals surface area contributed by atoms with Crippen molar-refractivity contribution in [1.29, 1.82) is 0 Å². The first-order valence-electron chi connectivity index (χ1n) is 3.59. The van der Waals surface area contributed by atoms with Crippen LogP contribution in [-0.2, 0) is 0 Å². The maximum Gasteiger partial charge on any atom is 0.245 e. The lowest BCUT2D eigenvalue weighted by molar-refractivity contribution is 0.0926. The average Bonchev–Trinajstić information content (AvgIpc) is 2.43. The Kier molecular flexibility index (Phi) is 1.27. The van der Waals surface area contributed by atoms with Crippen LogP contribution in [-0.4, -0.2) is 25.3 Å². The Morgan fingerprint density at radius 1 is 1.58 bits per heavy atom. The Labute approximate surface area is 68.6 Å². The number of fused-ring (bicyclic) bond motifs is 1. The van der Waals surface area contributed by atoms with E-state index in [9.17, 15) is 4.79 Å². The van der Waals surface area contributed by atoms with Crippen molar-refractivity contribution in [2.24, 2.45) is 0 Å². The molecule has 0 saturated heterocycles. The van der Waals surface area contributed by atoms with Crippen LogP contribution in [0.25, 0.3) is 5.65 Å². The molecular weight excluding hydrogens is 156 g/mol. The van der Waals surface area contributed by atoms with Crippen molar-refractivity contribution in [3.05, 3.63) is 18.1 Å². The molecule has 0 bridgehead atoms. The molecule has 5 nitrogen and oxygen atoms in total. The van der Waals surface area contributed by atoms with Crippen LogP contribution in [0.4, 0.5) is 0 Å². The van der Waals surface area contributed by atoms with Gasteiger partial charge in [-0.2, -0.15) is 14.9 Å². The van der Waals surface area contributed by atoms with Crippen LogP contribution < -0.4 is 0 Å². The van der Waals surface area contributed by atoms with Gasteiger partial charge in [-0.15, -0.1) is 0 Å². The molecule has 0 aliphatic carbocycles. The van der Waals surface area contributed by atoms with Crippen molar-refractivity contribution in [3.8, 4) is 0 Å². The first kappa shape index (κ1) is 7.02. The average molecular weight is 164 g/mol. The molecule has 0 fully saturated rings. The monoisotopic (exact) mass is 164 g/mol. The van der Waals surface area contributed by atoms with Crippen LogP contribution in [0, 0.1) is 6.92 Å². The van der Waals surface area contributed by atoms with Gasteiger partial charge in [-0.05, 0) is 6.92 Å². The minimum atomic E-state index is -0.107. The second kappa shape index (κ2) is 2.17. The van der Waals surface area contributed by atoms with E-state index in [2.05, 4.69) is 10.2 Å². The van der Waals surface area contributed by atoms with Crippen LogP contribution in [0.15, 0.2) is 12.4 Å². The zero-order valence-corrected chi connectivity index (χ0v) is 6.85. The molecule has 12 heavy (non-hydrogen) atoms. The van der Waals surface area contributed by atoms with E-state index >= 15 is 0 Å². The lowest BCUT2D eigenvalue weighted by atomic mass is 10.5. The molecule has 0 saturated carbocycles. The molecule has 0 atom stereocenters. The number of carbonyl (C=O) groups excluding carboxylic acids is 1. The summed E-state index contributed by atoms with van der Waals surface area (Å²) in [5, 5.41) is 7.96. The molecular formula is C7H8N4O. The van der Waals surface area contributed by atoms with E-state index in [1.807, 2.05) is 13.0 Å². The largest absolute Gasteiger partial charge is 0.273 e. The Bertz CT molecular complexity index is 439. The van der Waals surface area contributed by atoms with Gasteiger partial charge in [-0.3, -0.25) is 4.79 Å². The van der Waals surface area contributed by atoms with Gasteiger partial charge >= 0.3 is 0 Å². The molecule has 0 amide bonds. The van der Waals surface area contributed by atoms with Crippen LogP contribution in [0.5, 0.6) is 0 Å². The highest BCUT2D eigenvalue weighted by molar-refractivity contribution is 5.79. The van der Waals surface area contributed by atoms with Gasteiger partial charge in [-0.25, -0.2) is 4.52 Å². The highest BCUT2D eigenvalue weighted by atomic mass is 16.2. The van der Waals surface area contributed by atoms with Crippen molar-refractivity contribution < 1.29 is 4.79 Å². The second-order valence-corrected chi connectivity index (χ2v) is 2.65. The summed E-state index contributed by atoms with van der Waals surface area (Å²) in [5.74, 6) is -0.107. The summed E-state index contributed by atoms with van der Waals surface area (Å²) in [6.07, 6.45) is 1.52. The number of nitrogens with zero attached hydrogens (tertiary/aromatic N) is 4. The van der Waals surface area contributed by atoms with Crippen LogP contribution >= 0.6 is 0 Å². The highest BCUT2D eigenvalue weighted by Gasteiger charge is 2.07. The number of hydrogen-bond acceptors (Lipinski definition) is 3. The summed E-state index contributed by atoms with van der Waals surface area (Å²) < 4.78 is 2.90. The van der Waals surface area contributed by atoms with Gasteiger partial charge in [0.15, 0.2) is 5.65 Å². The number of aryl methyl sites for hydroxylation is 1. The molecule has 2 aromatic rings. The Morgan fingerprint density at radius 3 is 3.00 bits per heavy atom. The summed E-state index contributed by atoms with van der Waals surface area (Å²) in [6, 6.07) is 1.81. The predicted octanol–water partition coefficient (Wildman–Crippen LogP) is 0.499. The van der Waals surface area contributed by atoms with Crippen LogP contribution in [0.3, 0.4) is 0 Å². The quantitative estimate of drug-likeness (QED) is 0.569. The molecule has 0 spiro atoms. The zero-order chi connectivity index (χ0) is 8.72. The first-order valence-corrected chi connectivity index (χ1v) is 3.59. The third kappa shape index (κ3) is 0.827. The van der Waals surface area contributed by atoms with Crippen LogP contribution in [0.1, 0.15) is 17.4 Å². The minimum absolute atomic E-state index is 0.107. The highest BCUT2D eigenvalue weighted by Crippen LogP contribution is 2.03. The van der Waals surface area contributed by atoms with E-state index in [1.165, 1.54) is 17.9 Å². The SMILES string of the molecule is CC(=O)n1ncn2nc(C)cc12. The van der Waals surface area contributed by atoms with E-state index in [0.29, 0.717) is 5.65 Å². The standard InChI is InChI=1S/C7H8N4O/c1-5-3-7-10(9-5)4-8-11(7)6(2)12/h3-4H,1-2H3. The fourth-order valence-electron chi connectivity index (χ4n) is 1.15. The summed E-state index contributed by atoms with van der Waals surface area (Å²) in [5.41, 5.74) is 1.59. The zero-order valence-electron chi connectivity index (χ0n) is 6.85. The predicted molar refractivity (Wildman–Crippen MR) is 42.0 cm³/mol. The van der Waals surface area contributed by atoms with Crippen molar-refractivity contribution in [3.63, 3.8) is 0 Å². The van der Waals surface area contributed by atoms with Gasteiger partial charge in [0.25, 0.3) is 0 Å². The molecule has 0 aromatic carbocycles. The molecule has 0 unspecified atom stereocenters. The van der Waals surface area contributed by atoms with Gasteiger partial charge < -0.3 is 0 Å². The molecule has 2 rings (SSSR count). The smallest absolute Gasteiger partial charge is 0.245 e. The Hall–Kier alpha value is -1.65. The Balaban J connectivity index is 2.76. The first-order chi connectivity index (χ1) is 5.68. The number of aromatic nitrogens is 4. The minimum Gasteiger partial charge on any atom is -0.273 e. The number of hydrogen-bond donors (Lipinski definition) is 0. The second-order valence-electron chi connectivity index (χ2n) is 2.65. The summed E-state index contributed by atoms with van der Waals surface area (Å²) in [4.78, 5) is 11.0. The Morgan fingerprint density at radius 2 is 2.33 bits per heavy atom. The lowest BCUT2D eigenvalue weighted by Gasteiger charge is -1.90. The van der Waals surface area contributed by atoms with Gasteiger partial charge in [0, 0.05) is 13.0 Å². The molecule has 2 aromatic heterocycles. The van der Waals surface area contributed by atoms with Crippen molar-refractivity contribution >= 4 is 11.6 Å². The maximum absolute atomic E-state index is 11.0. The maximum atomic E-state index is 11.0. The third-order valence-corrected chi connectivity index (χ3v) is 1.63. The van der Waals surface area contributed by atoms with E-state index in [0.717, 1.165) is 5.69 Å². The molecule has 0 radical (unpaired) electrons. The van der Waals surface area contributed by atoms with Gasteiger partial charge in [0.2, 0.25) is 5.91 Å². The van der Waals surface area contributed by atoms with Gasteiger partial charge in [-0.1, -0.05) is 0 Å². The molecule has 2 heterocycles. The number of rotatable bonds is 0. The summed E-state index contributed by atoms with van der Waals surface area (Å²) in [7, 11) is 0. The van der Waals surface area contributed by atoms with Crippen molar-refractivity contribution in [2.75, 3.05) is 0 Å². The third-order valence-electron chi connectivity index (χ3n) is 1.63. The van der Waals surface area contributed by atoms with Gasteiger partial charge in [0.1, 0.15) is 6.33 Å². The van der Waals surface area contributed by atoms with Crippen LogP contribution in [0.2, 0.25) is 0 Å². The normalized spacial score (nSPS) is 10.8.